The van der Waals surface area contributed by atoms with Gasteiger partial charge in [-0.2, -0.15) is 13.2 Å². The van der Waals surface area contributed by atoms with Gasteiger partial charge in [-0.25, -0.2) is 9.97 Å². The van der Waals surface area contributed by atoms with Crippen molar-refractivity contribution in [3.05, 3.63) is 34.7 Å². The Balaban J connectivity index is 2.74. The van der Waals surface area contributed by atoms with Gasteiger partial charge in [0, 0.05) is 11.8 Å². The molecule has 0 aliphatic carbocycles. The molecule has 0 radical (unpaired) electrons. The molecule has 2 rings (SSSR count). The van der Waals surface area contributed by atoms with E-state index < -0.39 is 11.7 Å². The van der Waals surface area contributed by atoms with Crippen molar-refractivity contribution >= 4 is 22.5 Å². The van der Waals surface area contributed by atoms with Gasteiger partial charge in [0.1, 0.15) is 11.0 Å². The smallest absolute Gasteiger partial charge is 0.330 e. The van der Waals surface area contributed by atoms with Crippen LogP contribution in [0.1, 0.15) is 11.4 Å². The van der Waals surface area contributed by atoms with Gasteiger partial charge < -0.3 is 5.73 Å². The Morgan fingerprint density at radius 2 is 1.94 bits per heavy atom. The van der Waals surface area contributed by atoms with E-state index in [1.165, 1.54) is 12.1 Å². The van der Waals surface area contributed by atoms with Crippen LogP contribution >= 0.6 is 11.6 Å². The molecule has 2 aromatic rings. The molecule has 0 unspecified atom stereocenters. The molecule has 0 saturated carbocycles. The summed E-state index contributed by atoms with van der Waals surface area (Å²) in [6.07, 6.45) is -4.20. The third kappa shape index (κ3) is 2.39. The Morgan fingerprint density at radius 1 is 1.22 bits per heavy atom. The summed E-state index contributed by atoms with van der Waals surface area (Å²) >= 11 is 5.86. The van der Waals surface area contributed by atoms with Crippen LogP contribution in [0.25, 0.3) is 10.9 Å². The summed E-state index contributed by atoms with van der Waals surface area (Å²) in [7, 11) is 0. The van der Waals surface area contributed by atoms with E-state index in [4.69, 9.17) is 17.3 Å². The van der Waals surface area contributed by atoms with Crippen molar-refractivity contribution in [2.24, 2.45) is 5.73 Å². The molecule has 3 nitrogen and oxygen atoms in total. The second-order valence-electron chi connectivity index (χ2n) is 3.67. The minimum Gasteiger partial charge on any atom is -0.330 e. The molecule has 7 heteroatoms. The van der Waals surface area contributed by atoms with Crippen LogP contribution in [0.3, 0.4) is 0 Å². The van der Waals surface area contributed by atoms with Gasteiger partial charge >= 0.3 is 6.18 Å². The van der Waals surface area contributed by atoms with Crippen LogP contribution in [0, 0.1) is 0 Å². The van der Waals surface area contributed by atoms with Crippen molar-refractivity contribution in [3.63, 3.8) is 0 Å². The van der Waals surface area contributed by atoms with E-state index in [0.29, 0.717) is 0 Å². The molecule has 18 heavy (non-hydrogen) atoms. The third-order valence-electron chi connectivity index (χ3n) is 2.40. The average Bonchev–Trinajstić information content (AvgIpc) is 2.27. The number of hydrogen-bond acceptors (Lipinski definition) is 3. The first-order chi connectivity index (χ1) is 8.43. The van der Waals surface area contributed by atoms with Crippen LogP contribution in [-0.2, 0) is 12.6 Å². The highest BCUT2D eigenvalue weighted by Crippen LogP contribution is 2.35. The zero-order chi connectivity index (χ0) is 13.3. The molecular formula is C11H9ClF3N3. The van der Waals surface area contributed by atoms with Crippen molar-refractivity contribution in [3.8, 4) is 0 Å². The Kier molecular flexibility index (Phi) is 3.41. The predicted octanol–water partition coefficient (Wildman–Crippen LogP) is 2.80. The Bertz CT molecular complexity index is 583. The molecule has 1 heterocycles. The third-order valence-corrected chi connectivity index (χ3v) is 2.69. The Labute approximate surface area is 106 Å². The first kappa shape index (κ1) is 13.0. The highest BCUT2D eigenvalue weighted by Gasteiger charge is 2.33. The summed E-state index contributed by atoms with van der Waals surface area (Å²) in [4.78, 5) is 7.82. The van der Waals surface area contributed by atoms with Crippen LogP contribution in [0.15, 0.2) is 18.2 Å². The van der Waals surface area contributed by atoms with Crippen molar-refractivity contribution < 1.29 is 13.2 Å². The normalized spacial score (nSPS) is 12.1. The lowest BCUT2D eigenvalue weighted by molar-refractivity contribution is -0.136. The maximum Gasteiger partial charge on any atom is 0.418 e. The van der Waals surface area contributed by atoms with Crippen molar-refractivity contribution in [2.75, 3.05) is 6.54 Å². The Hall–Kier alpha value is -1.40. The molecule has 0 atom stereocenters. The standard InChI is InChI=1S/C11H9ClF3N3/c12-10-6-2-1-3-7(11(13,14)15)9(6)17-8(18-10)4-5-16/h1-3H,4-5,16H2. The highest BCUT2D eigenvalue weighted by molar-refractivity contribution is 6.34. The molecule has 0 aliphatic heterocycles. The molecule has 2 N–H and O–H groups in total. The second-order valence-corrected chi connectivity index (χ2v) is 4.03. The molecule has 1 aromatic carbocycles. The molecule has 0 fully saturated rings. The number of nitrogens with zero attached hydrogens (tertiary/aromatic N) is 2. The average molecular weight is 276 g/mol. The SMILES string of the molecule is NCCc1nc(Cl)c2cccc(C(F)(F)F)c2n1. The molecule has 0 saturated heterocycles. The molecule has 0 bridgehead atoms. The number of fused-ring (bicyclic) bond motifs is 1. The first-order valence-electron chi connectivity index (χ1n) is 5.16. The summed E-state index contributed by atoms with van der Waals surface area (Å²) in [6, 6.07) is 3.71. The minimum atomic E-state index is -4.48. The molecule has 96 valence electrons. The number of benzene rings is 1. The monoisotopic (exact) mass is 275 g/mol. The van der Waals surface area contributed by atoms with E-state index in [-0.39, 0.29) is 34.8 Å². The second kappa shape index (κ2) is 4.70. The zero-order valence-electron chi connectivity index (χ0n) is 9.13. The number of para-hydroxylation sites is 1. The summed E-state index contributed by atoms with van der Waals surface area (Å²) in [5.41, 5.74) is 4.33. The fourth-order valence-electron chi connectivity index (χ4n) is 1.63. The van der Waals surface area contributed by atoms with Gasteiger partial charge in [-0.15, -0.1) is 0 Å². The van der Waals surface area contributed by atoms with Gasteiger partial charge in [0.15, 0.2) is 0 Å². The van der Waals surface area contributed by atoms with Gasteiger partial charge in [0.05, 0.1) is 11.1 Å². The van der Waals surface area contributed by atoms with E-state index in [2.05, 4.69) is 9.97 Å². The highest BCUT2D eigenvalue weighted by atomic mass is 35.5. The van der Waals surface area contributed by atoms with Crippen molar-refractivity contribution in [2.45, 2.75) is 12.6 Å². The van der Waals surface area contributed by atoms with Crippen molar-refractivity contribution in [1.82, 2.24) is 9.97 Å². The topological polar surface area (TPSA) is 51.8 Å². The number of halogens is 4. The summed E-state index contributed by atoms with van der Waals surface area (Å²) in [5.74, 6) is 0.215. The maximum atomic E-state index is 12.8. The number of aromatic nitrogens is 2. The van der Waals surface area contributed by atoms with Crippen LogP contribution in [-0.4, -0.2) is 16.5 Å². The predicted molar refractivity (Wildman–Crippen MR) is 62.3 cm³/mol. The van der Waals surface area contributed by atoms with E-state index in [1.54, 1.807) is 0 Å². The molecule has 1 aromatic heterocycles. The van der Waals surface area contributed by atoms with Crippen LogP contribution < -0.4 is 5.73 Å². The summed E-state index contributed by atoms with van der Waals surface area (Å²) < 4.78 is 38.5. The largest absolute Gasteiger partial charge is 0.418 e. The van der Waals surface area contributed by atoms with Crippen LogP contribution in [0.2, 0.25) is 5.15 Å². The van der Waals surface area contributed by atoms with Gasteiger partial charge in [0.25, 0.3) is 0 Å². The fraction of sp³-hybridized carbons (Fsp3) is 0.273. The van der Waals surface area contributed by atoms with Gasteiger partial charge in [-0.1, -0.05) is 17.7 Å². The van der Waals surface area contributed by atoms with E-state index in [9.17, 15) is 13.2 Å². The summed E-state index contributed by atoms with van der Waals surface area (Å²) in [6.45, 7) is 0.246. The number of nitrogens with two attached hydrogens (primary N) is 1. The zero-order valence-corrected chi connectivity index (χ0v) is 9.89. The maximum absolute atomic E-state index is 12.8. The lowest BCUT2D eigenvalue weighted by Crippen LogP contribution is -2.10. The number of hydrogen-bond donors (Lipinski definition) is 1. The van der Waals surface area contributed by atoms with Crippen molar-refractivity contribution in [1.29, 1.82) is 0 Å². The molecule has 0 amide bonds. The van der Waals surface area contributed by atoms with E-state index >= 15 is 0 Å². The number of alkyl halides is 3. The van der Waals surface area contributed by atoms with E-state index in [1.807, 2.05) is 0 Å². The first-order valence-corrected chi connectivity index (χ1v) is 5.53. The molecule has 0 aliphatic rings. The van der Waals surface area contributed by atoms with Crippen LogP contribution in [0.5, 0.6) is 0 Å². The molecular weight excluding hydrogens is 267 g/mol. The van der Waals surface area contributed by atoms with Gasteiger partial charge in [0.2, 0.25) is 0 Å². The quantitative estimate of drug-likeness (QED) is 0.858. The van der Waals surface area contributed by atoms with E-state index in [0.717, 1.165) is 6.07 Å². The summed E-state index contributed by atoms with van der Waals surface area (Å²) in [5, 5.41) is 0.196. The van der Waals surface area contributed by atoms with Crippen LogP contribution in [0.4, 0.5) is 13.2 Å². The van der Waals surface area contributed by atoms with Gasteiger partial charge in [-0.3, -0.25) is 0 Å². The lowest BCUT2D eigenvalue weighted by atomic mass is 10.1. The lowest BCUT2D eigenvalue weighted by Gasteiger charge is -2.11. The minimum absolute atomic E-state index is 0.00884. The number of rotatable bonds is 2. The Morgan fingerprint density at radius 3 is 2.56 bits per heavy atom. The van der Waals surface area contributed by atoms with Gasteiger partial charge in [-0.05, 0) is 18.7 Å². The fourth-order valence-corrected chi connectivity index (χ4v) is 1.88. The molecule has 0 spiro atoms.